The van der Waals surface area contributed by atoms with E-state index in [-0.39, 0.29) is 24.6 Å². The van der Waals surface area contributed by atoms with Crippen molar-refractivity contribution < 1.29 is 9.90 Å². The Balaban J connectivity index is 3.97. The number of carbonyl (C=O) groups is 1. The van der Waals surface area contributed by atoms with Crippen molar-refractivity contribution in [1.82, 2.24) is 10.6 Å². The summed E-state index contributed by atoms with van der Waals surface area (Å²) >= 11 is 0. The first-order chi connectivity index (χ1) is 8.36. The van der Waals surface area contributed by atoms with Crippen LogP contribution >= 0.6 is 0 Å². The summed E-state index contributed by atoms with van der Waals surface area (Å²) in [6.07, 6.45) is 1.87. The summed E-state index contributed by atoms with van der Waals surface area (Å²) in [6, 6.07) is -0.260. The van der Waals surface area contributed by atoms with E-state index in [2.05, 4.69) is 38.3 Å². The highest BCUT2D eigenvalue weighted by Gasteiger charge is 2.17. The maximum Gasteiger partial charge on any atom is 0.236 e. The fraction of sp³-hybridized carbons (Fsp3) is 0.929. The molecular weight excluding hydrogens is 228 g/mol. The average Bonchev–Trinajstić information content (AvgIpc) is 2.26. The molecule has 0 aromatic carbocycles. The molecule has 2 atom stereocenters. The summed E-state index contributed by atoms with van der Waals surface area (Å²) in [5, 5.41) is 15.3. The number of amides is 1. The molecule has 2 unspecified atom stereocenters. The van der Waals surface area contributed by atoms with E-state index in [4.69, 9.17) is 0 Å². The van der Waals surface area contributed by atoms with E-state index >= 15 is 0 Å². The third-order valence-corrected chi connectivity index (χ3v) is 2.88. The van der Waals surface area contributed by atoms with Gasteiger partial charge in [0.05, 0.1) is 12.6 Å². The molecule has 4 nitrogen and oxygen atoms in total. The minimum absolute atomic E-state index is 0.00384. The van der Waals surface area contributed by atoms with E-state index < -0.39 is 0 Å². The summed E-state index contributed by atoms with van der Waals surface area (Å²) < 4.78 is 0. The van der Waals surface area contributed by atoms with Crippen LogP contribution in [0, 0.1) is 11.8 Å². The minimum Gasteiger partial charge on any atom is -0.395 e. The molecule has 0 heterocycles. The minimum atomic E-state index is -0.256. The zero-order chi connectivity index (χ0) is 14.1. The van der Waals surface area contributed by atoms with Crippen molar-refractivity contribution in [3.63, 3.8) is 0 Å². The van der Waals surface area contributed by atoms with Crippen LogP contribution in [0.5, 0.6) is 0 Å². The fourth-order valence-corrected chi connectivity index (χ4v) is 1.83. The third kappa shape index (κ3) is 8.48. The highest BCUT2D eigenvalue weighted by atomic mass is 16.3. The van der Waals surface area contributed by atoms with Crippen molar-refractivity contribution in [2.45, 2.75) is 59.5 Å². The second-order valence-corrected chi connectivity index (χ2v) is 5.87. The summed E-state index contributed by atoms with van der Waals surface area (Å²) in [5.41, 5.74) is 0. The monoisotopic (exact) mass is 258 g/mol. The molecule has 108 valence electrons. The Labute approximate surface area is 112 Å². The van der Waals surface area contributed by atoms with Gasteiger partial charge in [0.15, 0.2) is 0 Å². The molecule has 4 heteroatoms. The van der Waals surface area contributed by atoms with Gasteiger partial charge in [-0.25, -0.2) is 0 Å². The number of rotatable bonds is 9. The number of carbonyl (C=O) groups excluding carboxylic acids is 1. The van der Waals surface area contributed by atoms with Crippen LogP contribution in [0.2, 0.25) is 0 Å². The van der Waals surface area contributed by atoms with E-state index in [1.807, 2.05) is 6.92 Å². The third-order valence-electron chi connectivity index (χ3n) is 2.88. The number of aliphatic hydroxyl groups is 1. The standard InChI is InChI=1S/C14H30N2O2/c1-10(2)6-7-15-14(18)12(5)16-13(9-17)8-11(3)4/h10-13,16-17H,6-9H2,1-5H3,(H,15,18). The number of hydrogen-bond acceptors (Lipinski definition) is 3. The molecule has 1 amide bonds. The summed E-state index contributed by atoms with van der Waals surface area (Å²) in [5.74, 6) is 1.11. The molecule has 0 aromatic rings. The van der Waals surface area contributed by atoms with E-state index in [0.29, 0.717) is 11.8 Å². The summed E-state index contributed by atoms with van der Waals surface area (Å²) in [4.78, 5) is 11.8. The van der Waals surface area contributed by atoms with Crippen LogP contribution in [-0.4, -0.2) is 36.2 Å². The molecule has 0 radical (unpaired) electrons. The first-order valence-electron chi connectivity index (χ1n) is 7.01. The van der Waals surface area contributed by atoms with Crippen molar-refractivity contribution in [2.75, 3.05) is 13.2 Å². The summed E-state index contributed by atoms with van der Waals surface area (Å²) in [6.45, 7) is 11.1. The van der Waals surface area contributed by atoms with Crippen LogP contribution in [0.25, 0.3) is 0 Å². The van der Waals surface area contributed by atoms with Crippen LogP contribution in [0.15, 0.2) is 0 Å². The van der Waals surface area contributed by atoms with Gasteiger partial charge in [0, 0.05) is 12.6 Å². The molecular formula is C14H30N2O2. The number of aliphatic hydroxyl groups excluding tert-OH is 1. The lowest BCUT2D eigenvalue weighted by molar-refractivity contribution is -0.123. The van der Waals surface area contributed by atoms with Crippen LogP contribution in [0.3, 0.4) is 0 Å². The van der Waals surface area contributed by atoms with Gasteiger partial charge in [-0.2, -0.15) is 0 Å². The topological polar surface area (TPSA) is 61.4 Å². The molecule has 0 fully saturated rings. The van der Waals surface area contributed by atoms with Crippen LogP contribution in [0.1, 0.15) is 47.5 Å². The Morgan fingerprint density at radius 1 is 1.11 bits per heavy atom. The Morgan fingerprint density at radius 3 is 2.17 bits per heavy atom. The molecule has 3 N–H and O–H groups in total. The van der Waals surface area contributed by atoms with E-state index in [1.165, 1.54) is 0 Å². The summed E-state index contributed by atoms with van der Waals surface area (Å²) in [7, 11) is 0. The average molecular weight is 258 g/mol. The number of nitrogens with one attached hydrogen (secondary N) is 2. The predicted octanol–water partition coefficient (Wildman–Crippen LogP) is 1.53. The molecule has 18 heavy (non-hydrogen) atoms. The molecule has 0 spiro atoms. The molecule has 0 aliphatic rings. The van der Waals surface area contributed by atoms with Gasteiger partial charge in [-0.3, -0.25) is 4.79 Å². The van der Waals surface area contributed by atoms with Gasteiger partial charge in [0.25, 0.3) is 0 Å². The number of hydrogen-bond donors (Lipinski definition) is 3. The Bertz CT molecular complexity index is 230. The molecule has 0 aliphatic heterocycles. The van der Waals surface area contributed by atoms with Crippen molar-refractivity contribution in [2.24, 2.45) is 11.8 Å². The molecule has 0 bridgehead atoms. The molecule has 0 saturated heterocycles. The van der Waals surface area contributed by atoms with Crippen molar-refractivity contribution in [3.8, 4) is 0 Å². The van der Waals surface area contributed by atoms with E-state index in [1.54, 1.807) is 0 Å². The van der Waals surface area contributed by atoms with Gasteiger partial charge in [-0.15, -0.1) is 0 Å². The largest absolute Gasteiger partial charge is 0.395 e. The van der Waals surface area contributed by atoms with Crippen LogP contribution < -0.4 is 10.6 Å². The quantitative estimate of drug-likeness (QED) is 0.588. The zero-order valence-electron chi connectivity index (χ0n) is 12.5. The fourth-order valence-electron chi connectivity index (χ4n) is 1.83. The van der Waals surface area contributed by atoms with E-state index in [9.17, 15) is 9.90 Å². The molecule has 0 rings (SSSR count). The highest BCUT2D eigenvalue weighted by Crippen LogP contribution is 2.05. The first-order valence-corrected chi connectivity index (χ1v) is 7.01. The second kappa shape index (κ2) is 9.34. The van der Waals surface area contributed by atoms with Gasteiger partial charge in [-0.05, 0) is 31.6 Å². The Morgan fingerprint density at radius 2 is 1.72 bits per heavy atom. The van der Waals surface area contributed by atoms with Crippen molar-refractivity contribution in [3.05, 3.63) is 0 Å². The zero-order valence-corrected chi connectivity index (χ0v) is 12.5. The molecule has 0 aromatic heterocycles. The van der Waals surface area contributed by atoms with Crippen molar-refractivity contribution >= 4 is 5.91 Å². The second-order valence-electron chi connectivity index (χ2n) is 5.87. The van der Waals surface area contributed by atoms with Crippen LogP contribution in [0.4, 0.5) is 0 Å². The lowest BCUT2D eigenvalue weighted by Crippen LogP contribution is -2.48. The van der Waals surface area contributed by atoms with Crippen molar-refractivity contribution in [1.29, 1.82) is 0 Å². The molecule has 0 saturated carbocycles. The van der Waals surface area contributed by atoms with Gasteiger partial charge in [0.2, 0.25) is 5.91 Å². The van der Waals surface area contributed by atoms with Gasteiger partial charge >= 0.3 is 0 Å². The normalized spacial score (nSPS) is 14.9. The van der Waals surface area contributed by atoms with E-state index in [0.717, 1.165) is 19.4 Å². The van der Waals surface area contributed by atoms with Gasteiger partial charge < -0.3 is 15.7 Å². The smallest absolute Gasteiger partial charge is 0.236 e. The maximum absolute atomic E-state index is 11.8. The van der Waals surface area contributed by atoms with Gasteiger partial charge in [-0.1, -0.05) is 27.7 Å². The van der Waals surface area contributed by atoms with Crippen LogP contribution in [-0.2, 0) is 4.79 Å². The molecule has 0 aliphatic carbocycles. The maximum atomic E-state index is 11.8. The lowest BCUT2D eigenvalue weighted by Gasteiger charge is -2.22. The first kappa shape index (κ1) is 17.4. The Kier molecular flexibility index (Phi) is 9.02. The lowest BCUT2D eigenvalue weighted by atomic mass is 10.0. The predicted molar refractivity (Wildman–Crippen MR) is 75.4 cm³/mol. The Hall–Kier alpha value is -0.610. The SMILES string of the molecule is CC(C)CCNC(=O)C(C)NC(CO)CC(C)C. The highest BCUT2D eigenvalue weighted by molar-refractivity contribution is 5.81. The van der Waals surface area contributed by atoms with Gasteiger partial charge in [0.1, 0.15) is 0 Å².